The van der Waals surface area contributed by atoms with Crippen LogP contribution in [0.25, 0.3) is 0 Å². The van der Waals surface area contributed by atoms with Crippen LogP contribution in [0, 0.1) is 47.3 Å². The molecular formula is C79H112O31. The van der Waals surface area contributed by atoms with E-state index in [0.29, 0.717) is 23.8 Å². The minimum atomic E-state index is -1.40. The molecule has 110 heavy (non-hydrogen) atoms. The van der Waals surface area contributed by atoms with E-state index in [0.717, 1.165) is 63.2 Å². The normalized spacial score (nSPS) is 29.5. The number of methoxy groups -OCH3 is 2. The second kappa shape index (κ2) is 36.3. The van der Waals surface area contributed by atoms with E-state index >= 15 is 0 Å². The molecule has 5 saturated heterocycles. The van der Waals surface area contributed by atoms with Gasteiger partial charge in [0.05, 0.1) is 104 Å². The first kappa shape index (κ1) is 86.7. The van der Waals surface area contributed by atoms with Gasteiger partial charge in [-0.15, -0.1) is 0 Å². The van der Waals surface area contributed by atoms with Gasteiger partial charge in [-0.25, -0.2) is 24.0 Å². The minimum absolute atomic E-state index is 0.0179. The maximum atomic E-state index is 13.4. The summed E-state index contributed by atoms with van der Waals surface area (Å²) in [7, 11) is 2.65. The fourth-order valence-corrected chi connectivity index (χ4v) is 16.8. The molecule has 5 aliphatic heterocycles. The van der Waals surface area contributed by atoms with Crippen molar-refractivity contribution in [3.8, 4) is 0 Å². The van der Waals surface area contributed by atoms with E-state index in [9.17, 15) is 52.7 Å². The van der Waals surface area contributed by atoms with E-state index in [1.165, 1.54) is 66.6 Å². The third kappa shape index (κ3) is 22.0. The molecule has 0 aromatic rings. The van der Waals surface area contributed by atoms with E-state index in [2.05, 4.69) is 26.3 Å². The lowest BCUT2D eigenvalue weighted by molar-refractivity contribution is -0.329. The van der Waals surface area contributed by atoms with E-state index in [1.54, 1.807) is 48.5 Å². The Bertz CT molecular complexity index is 3370. The highest BCUT2D eigenvalue weighted by atomic mass is 16.8. The fraction of sp³-hybridized carbons (Fsp3) is 0.759. The molecule has 0 aromatic heterocycles. The van der Waals surface area contributed by atoms with Crippen LogP contribution in [0.2, 0.25) is 0 Å². The lowest BCUT2D eigenvalue weighted by Gasteiger charge is -2.53. The molecular weight excluding hydrogens is 1440 g/mol. The largest absolute Gasteiger partial charge is 0.469 e. The summed E-state index contributed by atoms with van der Waals surface area (Å²) in [4.78, 5) is 134. The molecule has 31 heteroatoms. The zero-order valence-corrected chi connectivity index (χ0v) is 65.5. The molecule has 8 aliphatic carbocycles. The van der Waals surface area contributed by atoms with Gasteiger partial charge in [0.25, 0.3) is 0 Å². The Morgan fingerprint density at radius 2 is 0.855 bits per heavy atom. The van der Waals surface area contributed by atoms with Crippen LogP contribution in [-0.4, -0.2) is 217 Å². The van der Waals surface area contributed by atoms with E-state index < -0.39 is 142 Å². The monoisotopic (exact) mass is 1560 g/mol. The first-order chi connectivity index (χ1) is 51.8. The summed E-state index contributed by atoms with van der Waals surface area (Å²) >= 11 is 0. The smallest absolute Gasteiger partial charge is 0.345 e. The van der Waals surface area contributed by atoms with Crippen LogP contribution in [0.15, 0.2) is 48.6 Å². The van der Waals surface area contributed by atoms with Crippen molar-refractivity contribution in [1.29, 1.82) is 0 Å². The molecule has 31 nitrogen and oxygen atoms in total. The maximum Gasteiger partial charge on any atom is 0.345 e. The topological polar surface area (TPSA) is 372 Å². The van der Waals surface area contributed by atoms with Crippen molar-refractivity contribution in [2.75, 3.05) is 87.1 Å². The van der Waals surface area contributed by atoms with Crippen molar-refractivity contribution in [1.82, 2.24) is 0 Å². The lowest BCUT2D eigenvalue weighted by atomic mass is 9.55. The summed E-state index contributed by atoms with van der Waals surface area (Å²) in [5.74, 6) is -8.90. The van der Waals surface area contributed by atoms with Gasteiger partial charge >= 0.3 is 65.7 Å². The van der Waals surface area contributed by atoms with Crippen LogP contribution in [0.5, 0.6) is 0 Å². The van der Waals surface area contributed by atoms with Crippen molar-refractivity contribution < 1.29 is 147 Å². The average molecular weight is 1560 g/mol. The van der Waals surface area contributed by atoms with Crippen LogP contribution in [0.3, 0.4) is 0 Å². The van der Waals surface area contributed by atoms with Crippen LogP contribution in [-0.2, 0) is 147 Å². The number of hydrogen-bond donors (Lipinski definition) is 0. The highest BCUT2D eigenvalue weighted by Gasteiger charge is 2.71. The van der Waals surface area contributed by atoms with E-state index in [4.69, 9.17) is 94.7 Å². The van der Waals surface area contributed by atoms with Gasteiger partial charge in [0.15, 0.2) is 59.0 Å². The predicted octanol–water partition coefficient (Wildman–Crippen LogP) is 8.04. The first-order valence-electron chi connectivity index (χ1n) is 38.1. The van der Waals surface area contributed by atoms with Crippen molar-refractivity contribution >= 4 is 65.7 Å². The Hall–Kier alpha value is -7.23. The lowest BCUT2D eigenvalue weighted by Crippen LogP contribution is -2.57. The molecule has 6 atom stereocenters. The number of carbonyl (C=O) groups is 11. The highest BCUT2D eigenvalue weighted by molar-refractivity contribution is 5.90. The van der Waals surface area contributed by atoms with Gasteiger partial charge in [0, 0.05) is 66.9 Å². The SMILES string of the molecule is C=C(C)C(=O)OC1(CC(=O)OC2C3CC4CC(C3)CC2C4)COC2(CCCCC2)OC1.C=C(C)C(=O)OC1(CC(=O)OCOC)COC2(CCCC2)OC1.C=C(C)C(=O)OC1C2CC3C1OC(=O)C3C2C(=O)OC1(CC(=O)OC)COC(C)(C)OC1.C=C(C)C(=O)OCC(=O)OC1(CC(=O)OCC)COC(C)(C)OC1. The van der Waals surface area contributed by atoms with Gasteiger partial charge in [-0.3, -0.25) is 28.8 Å². The van der Waals surface area contributed by atoms with Crippen molar-refractivity contribution in [2.24, 2.45) is 47.3 Å². The molecule has 2 spiro atoms. The number of hydrogen-bond acceptors (Lipinski definition) is 31. The number of carbonyl (C=O) groups excluding carboxylic acids is 11. The second-order valence-corrected chi connectivity index (χ2v) is 32.6. The zero-order chi connectivity index (χ0) is 80.4. The molecule has 13 fully saturated rings. The Balaban J connectivity index is 0.000000171. The molecule has 614 valence electrons. The molecule has 6 bridgehead atoms. The maximum absolute atomic E-state index is 13.4. The van der Waals surface area contributed by atoms with Gasteiger partial charge in [-0.05, 0) is 150 Å². The standard InChI is InChI=1S/C25H36O6.C22H28O10.C16H24O8.C16H24O7/c1-16(2)23(27)31-24(14-28-25(29-15-24)6-4-3-5-7-25)13-21(26)30-22-19-9-17-8-18(11-19)12-20(22)10-17;1-10(2)18(24)30-16-12-6-11-14(19(25)31-17(11)16)15(12)20(26)32-22(7-13(23)27-5)8-28-21(3,4)29-9-22;1-6-20-12(17)7-16(9-22-15(4,5)23-10-16)24-13(18)8-21-14(19)11(2)3;1-12(2)14(18)23-15(8-13(17)20-11-19-3)9-21-16(22-10-15)6-4-5-7-16/h17-20,22H,1,3-15H2,2H3;11-12,14-17H,1,6-9H2,2-5H3;2,6-10H2,1,3-5H3;1,4-11H2,2-3H3. The molecule has 13 rings (SSSR count). The Morgan fingerprint density at radius 3 is 1.30 bits per heavy atom. The summed E-state index contributed by atoms with van der Waals surface area (Å²) in [5.41, 5.74) is -4.15. The van der Waals surface area contributed by atoms with E-state index in [1.807, 2.05) is 0 Å². The van der Waals surface area contributed by atoms with Gasteiger partial charge < -0.3 is 94.7 Å². The quantitative estimate of drug-likeness (QED) is 0.0381. The number of esters is 11. The zero-order valence-electron chi connectivity index (χ0n) is 65.5. The summed E-state index contributed by atoms with van der Waals surface area (Å²) in [6, 6.07) is 0. The summed E-state index contributed by atoms with van der Waals surface area (Å²) < 4.78 is 110. The van der Waals surface area contributed by atoms with Crippen LogP contribution in [0.1, 0.15) is 184 Å². The predicted molar refractivity (Wildman–Crippen MR) is 379 cm³/mol. The molecule has 6 unspecified atom stereocenters. The van der Waals surface area contributed by atoms with Gasteiger partial charge in [0.1, 0.15) is 18.3 Å². The molecule has 8 saturated carbocycles. The van der Waals surface area contributed by atoms with Gasteiger partial charge in [-0.2, -0.15) is 0 Å². The third-order valence-electron chi connectivity index (χ3n) is 22.3. The third-order valence-corrected chi connectivity index (χ3v) is 22.3. The van der Waals surface area contributed by atoms with Gasteiger partial charge in [-0.1, -0.05) is 32.7 Å². The molecule has 5 heterocycles. The number of fused-ring (bicyclic) bond motifs is 1. The molecule has 0 radical (unpaired) electrons. The Labute approximate surface area is 641 Å². The summed E-state index contributed by atoms with van der Waals surface area (Å²) in [6.07, 6.45) is 13.3. The summed E-state index contributed by atoms with van der Waals surface area (Å²) in [6.45, 7) is 28.6. The molecule has 0 N–H and O–H groups in total. The minimum Gasteiger partial charge on any atom is -0.469 e. The van der Waals surface area contributed by atoms with Crippen LogP contribution >= 0.6 is 0 Å². The second-order valence-electron chi connectivity index (χ2n) is 32.6. The molecule has 0 amide bonds. The Kier molecular flexibility index (Phi) is 28.6. The van der Waals surface area contributed by atoms with Crippen molar-refractivity contribution in [2.45, 2.75) is 248 Å². The van der Waals surface area contributed by atoms with Crippen LogP contribution < -0.4 is 0 Å². The number of rotatable bonds is 24. The van der Waals surface area contributed by atoms with Crippen molar-refractivity contribution in [3.63, 3.8) is 0 Å². The van der Waals surface area contributed by atoms with Gasteiger partial charge in [0.2, 0.25) is 0 Å². The number of ether oxygens (including phenoxy) is 20. The van der Waals surface area contributed by atoms with Crippen LogP contribution in [0.4, 0.5) is 0 Å². The highest BCUT2D eigenvalue weighted by Crippen LogP contribution is 2.60. The molecule has 0 aromatic carbocycles. The fourth-order valence-electron chi connectivity index (χ4n) is 16.8. The first-order valence-corrected chi connectivity index (χ1v) is 38.1. The van der Waals surface area contributed by atoms with Crippen molar-refractivity contribution in [3.05, 3.63) is 48.6 Å². The Morgan fingerprint density at radius 1 is 0.436 bits per heavy atom. The average Bonchev–Trinajstić information content (AvgIpc) is 1.54. The van der Waals surface area contributed by atoms with E-state index in [-0.39, 0.29) is 127 Å². The molecule has 13 aliphatic rings. The summed E-state index contributed by atoms with van der Waals surface area (Å²) in [5, 5.41) is 0.